The number of esters is 2. The number of hydrogen-bond acceptors (Lipinski definition) is 8. The molecule has 2 saturated heterocycles. The van der Waals surface area contributed by atoms with Crippen LogP contribution in [0.25, 0.3) is 0 Å². The number of allylic oxidation sites excluding steroid dienone is 3. The zero-order chi connectivity index (χ0) is 26.4. The molecule has 3 heterocycles. The molecule has 2 aliphatic carbocycles. The van der Waals surface area contributed by atoms with Crippen LogP contribution in [0.1, 0.15) is 53.4 Å². The van der Waals surface area contributed by atoms with E-state index in [4.69, 9.17) is 23.7 Å². The van der Waals surface area contributed by atoms with Gasteiger partial charge in [0.25, 0.3) is 0 Å². The van der Waals surface area contributed by atoms with E-state index in [0.717, 1.165) is 18.4 Å². The number of aliphatic hydroxyl groups excluding tert-OH is 1. The molecule has 202 valence electrons. The predicted octanol–water partition coefficient (Wildman–Crippen LogP) is 3.34. The molecule has 0 radical (unpaired) electrons. The molecule has 1 saturated carbocycles. The fraction of sp³-hybridized carbons (Fsp3) is 0.655. The monoisotopic (exact) mass is 514 g/mol. The van der Waals surface area contributed by atoms with Gasteiger partial charge in [-0.25, -0.2) is 9.59 Å². The Labute approximate surface area is 218 Å². The SMILES string of the molecule is CC1=C[C@H]2O[C@@H]3C[C@H]4OC(=O)/C=C\C=C/[C@@H]([C@H](C)O)OCC/C(C)=C\C(=O)OC[C@@]2(CC1)[C@]4(C)[C@]31CO1. The largest absolute Gasteiger partial charge is 0.462 e. The van der Waals surface area contributed by atoms with Crippen LogP contribution in [0, 0.1) is 10.8 Å². The van der Waals surface area contributed by atoms with Gasteiger partial charge in [0.15, 0.2) is 0 Å². The van der Waals surface area contributed by atoms with Crippen LogP contribution in [0.15, 0.2) is 47.6 Å². The van der Waals surface area contributed by atoms with Crippen LogP contribution in [-0.2, 0) is 33.3 Å². The molecule has 5 aliphatic rings. The summed E-state index contributed by atoms with van der Waals surface area (Å²) < 4.78 is 30.6. The molecular weight excluding hydrogens is 476 g/mol. The summed E-state index contributed by atoms with van der Waals surface area (Å²) >= 11 is 0. The van der Waals surface area contributed by atoms with E-state index in [1.54, 1.807) is 25.2 Å². The van der Waals surface area contributed by atoms with E-state index >= 15 is 0 Å². The van der Waals surface area contributed by atoms with Crippen molar-refractivity contribution in [3.05, 3.63) is 47.6 Å². The highest BCUT2D eigenvalue weighted by Gasteiger charge is 2.83. The number of hydrogen-bond donors (Lipinski definition) is 1. The quantitative estimate of drug-likeness (QED) is 0.323. The lowest BCUT2D eigenvalue weighted by Crippen LogP contribution is -2.66. The Morgan fingerprint density at radius 3 is 2.57 bits per heavy atom. The van der Waals surface area contributed by atoms with Gasteiger partial charge in [-0.3, -0.25) is 0 Å². The second-order valence-corrected chi connectivity index (χ2v) is 11.4. The van der Waals surface area contributed by atoms with Gasteiger partial charge in [0.2, 0.25) is 0 Å². The molecule has 8 atom stereocenters. The molecule has 3 fully saturated rings. The summed E-state index contributed by atoms with van der Waals surface area (Å²) in [4.78, 5) is 25.9. The third-order valence-corrected chi connectivity index (χ3v) is 9.24. The number of cyclic esters (lactones) is 1. The highest BCUT2D eigenvalue weighted by atomic mass is 16.6. The molecule has 3 aliphatic heterocycles. The van der Waals surface area contributed by atoms with Gasteiger partial charge < -0.3 is 28.8 Å². The van der Waals surface area contributed by atoms with Gasteiger partial charge in [-0.15, -0.1) is 0 Å². The fourth-order valence-electron chi connectivity index (χ4n) is 6.85. The number of carbonyl (C=O) groups is 2. The summed E-state index contributed by atoms with van der Waals surface area (Å²) in [6, 6.07) is 0. The summed E-state index contributed by atoms with van der Waals surface area (Å²) in [6.07, 6.45) is 10.5. The van der Waals surface area contributed by atoms with E-state index in [0.29, 0.717) is 26.1 Å². The van der Waals surface area contributed by atoms with Crippen LogP contribution in [-0.4, -0.2) is 73.0 Å². The van der Waals surface area contributed by atoms with Crippen molar-refractivity contribution < 1.29 is 38.4 Å². The van der Waals surface area contributed by atoms with Crippen LogP contribution in [0.3, 0.4) is 0 Å². The lowest BCUT2D eigenvalue weighted by atomic mass is 9.51. The van der Waals surface area contributed by atoms with Crippen molar-refractivity contribution in [1.29, 1.82) is 0 Å². The molecule has 0 unspecified atom stereocenters. The Morgan fingerprint density at radius 1 is 1.05 bits per heavy atom. The van der Waals surface area contributed by atoms with Crippen LogP contribution >= 0.6 is 0 Å². The zero-order valence-electron chi connectivity index (χ0n) is 22.1. The third kappa shape index (κ3) is 4.42. The summed E-state index contributed by atoms with van der Waals surface area (Å²) in [6.45, 7) is 8.73. The molecule has 0 aromatic heterocycles. The van der Waals surface area contributed by atoms with Crippen molar-refractivity contribution in [2.24, 2.45) is 10.8 Å². The molecule has 0 aromatic rings. The molecular formula is C29H38O8. The molecule has 2 spiro atoms. The second-order valence-electron chi connectivity index (χ2n) is 11.4. The summed E-state index contributed by atoms with van der Waals surface area (Å²) in [5.74, 6) is -0.879. The minimum Gasteiger partial charge on any atom is -0.462 e. The normalized spacial score (nSPS) is 46.2. The van der Waals surface area contributed by atoms with Crippen LogP contribution in [0.2, 0.25) is 0 Å². The Bertz CT molecular complexity index is 1050. The molecule has 2 bridgehead atoms. The van der Waals surface area contributed by atoms with Gasteiger partial charge in [-0.2, -0.15) is 0 Å². The smallest absolute Gasteiger partial charge is 0.331 e. The molecule has 8 nitrogen and oxygen atoms in total. The molecule has 1 N–H and O–H groups in total. The van der Waals surface area contributed by atoms with E-state index in [-0.39, 0.29) is 18.8 Å². The lowest BCUT2D eigenvalue weighted by molar-refractivity contribution is -0.232. The first kappa shape index (κ1) is 26.4. The first-order valence-electron chi connectivity index (χ1n) is 13.3. The Balaban J connectivity index is 1.51. The van der Waals surface area contributed by atoms with Crippen molar-refractivity contribution in [3.63, 3.8) is 0 Å². The number of rotatable bonds is 1. The Kier molecular flexibility index (Phi) is 6.98. The highest BCUT2D eigenvalue weighted by molar-refractivity contribution is 5.83. The van der Waals surface area contributed by atoms with Gasteiger partial charge in [-0.1, -0.05) is 42.4 Å². The van der Waals surface area contributed by atoms with Crippen molar-refractivity contribution >= 4 is 11.9 Å². The number of aliphatic hydroxyl groups is 1. The topological polar surface area (TPSA) is 104 Å². The number of ether oxygens (including phenoxy) is 5. The molecule has 0 amide bonds. The summed E-state index contributed by atoms with van der Waals surface area (Å²) in [7, 11) is 0. The van der Waals surface area contributed by atoms with E-state index in [1.165, 1.54) is 17.7 Å². The number of carbonyl (C=O) groups excluding carboxylic acids is 2. The van der Waals surface area contributed by atoms with Crippen molar-refractivity contribution in [3.8, 4) is 0 Å². The highest BCUT2D eigenvalue weighted by Crippen LogP contribution is 2.72. The second kappa shape index (κ2) is 9.80. The summed E-state index contributed by atoms with van der Waals surface area (Å²) in [5, 5.41) is 10.0. The van der Waals surface area contributed by atoms with Crippen LogP contribution in [0.5, 0.6) is 0 Å². The maximum Gasteiger partial charge on any atom is 0.331 e. The first-order chi connectivity index (χ1) is 17.6. The molecule has 8 heteroatoms. The Morgan fingerprint density at radius 2 is 1.84 bits per heavy atom. The lowest BCUT2D eigenvalue weighted by Gasteiger charge is -2.58. The fourth-order valence-corrected chi connectivity index (χ4v) is 6.85. The molecule has 37 heavy (non-hydrogen) atoms. The molecule has 0 aromatic carbocycles. The third-order valence-electron chi connectivity index (χ3n) is 9.24. The average Bonchev–Trinajstić information content (AvgIpc) is 3.61. The number of epoxide rings is 1. The van der Waals surface area contributed by atoms with Gasteiger partial charge in [0, 0.05) is 24.0 Å². The van der Waals surface area contributed by atoms with Crippen molar-refractivity contribution in [2.45, 2.75) is 89.5 Å². The zero-order valence-corrected chi connectivity index (χ0v) is 22.1. The average molecular weight is 515 g/mol. The van der Waals surface area contributed by atoms with Crippen molar-refractivity contribution in [1.82, 2.24) is 0 Å². The standard InChI is InChI=1S/C29H38O8/c1-18-9-11-28-16-34-26(32)14-19(2)10-12-33-21(20(3)30)7-5-6-8-25(31)37-22-15-24(36-23(28)13-18)29(17-35-29)27(22,28)4/h5-8,13-14,20-24,30H,9-12,15-17H2,1-4H3/b7-5-,8-6-,19-14-/t20-,21-,22+,23+,24+,27+,28+,29-/m0/s1. The predicted molar refractivity (Wildman–Crippen MR) is 134 cm³/mol. The minimum absolute atomic E-state index is 0.144. The van der Waals surface area contributed by atoms with Gasteiger partial charge in [0.05, 0.1) is 36.9 Å². The van der Waals surface area contributed by atoms with Gasteiger partial charge in [-0.05, 0) is 40.0 Å². The van der Waals surface area contributed by atoms with E-state index in [2.05, 4.69) is 19.9 Å². The van der Waals surface area contributed by atoms with Gasteiger partial charge in [0.1, 0.15) is 24.4 Å². The van der Waals surface area contributed by atoms with Crippen molar-refractivity contribution in [2.75, 3.05) is 19.8 Å². The maximum absolute atomic E-state index is 12.9. The van der Waals surface area contributed by atoms with E-state index < -0.39 is 46.7 Å². The van der Waals surface area contributed by atoms with E-state index in [1.807, 2.05) is 6.92 Å². The molecule has 5 rings (SSSR count). The van der Waals surface area contributed by atoms with Crippen LogP contribution < -0.4 is 0 Å². The Hall–Kier alpha value is -2.26. The van der Waals surface area contributed by atoms with Crippen LogP contribution in [0.4, 0.5) is 0 Å². The van der Waals surface area contributed by atoms with Gasteiger partial charge >= 0.3 is 11.9 Å². The minimum atomic E-state index is -0.735. The van der Waals surface area contributed by atoms with E-state index in [9.17, 15) is 14.7 Å². The first-order valence-corrected chi connectivity index (χ1v) is 13.3. The summed E-state index contributed by atoms with van der Waals surface area (Å²) in [5.41, 5.74) is 0.318. The maximum atomic E-state index is 12.9.